The molecule has 0 saturated heterocycles. The van der Waals surface area contributed by atoms with Crippen LogP contribution in [0.1, 0.15) is 32.1 Å². The second-order valence-electron chi connectivity index (χ2n) is 7.14. The maximum atomic E-state index is 12.5. The Morgan fingerprint density at radius 2 is 2.04 bits per heavy atom. The maximum absolute atomic E-state index is 12.5. The number of fused-ring (bicyclic) bond motifs is 1. The molecule has 1 N–H and O–H groups in total. The van der Waals surface area contributed by atoms with Crippen LogP contribution in [0, 0.1) is 5.92 Å². The average molecular weight is 345 g/mol. The first-order chi connectivity index (χ1) is 12.0. The lowest BCUT2D eigenvalue weighted by Crippen LogP contribution is -2.42. The van der Waals surface area contributed by atoms with Crippen LogP contribution in [-0.2, 0) is 9.59 Å². The minimum atomic E-state index is -0.0508. The number of nitrogens with zero attached hydrogens (tertiary/aromatic N) is 2. The highest BCUT2D eigenvalue weighted by molar-refractivity contribution is 5.99. The van der Waals surface area contributed by atoms with Crippen molar-refractivity contribution in [1.29, 1.82) is 0 Å². The van der Waals surface area contributed by atoms with Crippen molar-refractivity contribution in [3.05, 3.63) is 18.2 Å². The zero-order chi connectivity index (χ0) is 17.8. The molecular formula is C19H27N3O3. The highest BCUT2D eigenvalue weighted by atomic mass is 16.5. The van der Waals surface area contributed by atoms with Gasteiger partial charge in [0.05, 0.1) is 5.69 Å². The van der Waals surface area contributed by atoms with E-state index in [1.165, 1.54) is 6.42 Å². The van der Waals surface area contributed by atoms with E-state index >= 15 is 0 Å². The van der Waals surface area contributed by atoms with Gasteiger partial charge in [0.2, 0.25) is 5.91 Å². The molecule has 0 aromatic heterocycles. The lowest BCUT2D eigenvalue weighted by Gasteiger charge is -2.30. The molecule has 136 valence electrons. The standard InChI is InChI=1S/C19H27N3O3/c1-21(2)10-11-22-16-12-15(8-9-17(16)25-13-18(22)23)20-19(24)14-6-4-3-5-7-14/h8-9,12,14H,3-7,10-11,13H2,1-2H3,(H,20,24). The van der Waals surface area contributed by atoms with Gasteiger partial charge in [0, 0.05) is 24.7 Å². The number of hydrogen-bond acceptors (Lipinski definition) is 4. The molecule has 6 nitrogen and oxygen atoms in total. The maximum Gasteiger partial charge on any atom is 0.265 e. The number of likely N-dealkylation sites (N-methyl/N-ethyl adjacent to an activating group) is 1. The first-order valence-electron chi connectivity index (χ1n) is 9.07. The van der Waals surface area contributed by atoms with Crippen molar-refractivity contribution >= 4 is 23.2 Å². The summed E-state index contributed by atoms with van der Waals surface area (Å²) in [4.78, 5) is 28.5. The number of anilines is 2. The van der Waals surface area contributed by atoms with E-state index in [1.54, 1.807) is 4.90 Å². The van der Waals surface area contributed by atoms with Gasteiger partial charge in [-0.05, 0) is 45.1 Å². The summed E-state index contributed by atoms with van der Waals surface area (Å²) in [7, 11) is 3.96. The van der Waals surface area contributed by atoms with Crippen LogP contribution in [0.2, 0.25) is 0 Å². The molecule has 2 aliphatic rings. The lowest BCUT2D eigenvalue weighted by molar-refractivity contribution is -0.121. The van der Waals surface area contributed by atoms with Gasteiger partial charge in [-0.3, -0.25) is 9.59 Å². The number of hydrogen-bond donors (Lipinski definition) is 1. The van der Waals surface area contributed by atoms with E-state index in [1.807, 2.05) is 37.2 Å². The number of carbonyl (C=O) groups is 2. The van der Waals surface area contributed by atoms with E-state index in [0.29, 0.717) is 12.3 Å². The highest BCUT2D eigenvalue weighted by Crippen LogP contribution is 2.35. The first kappa shape index (κ1) is 17.7. The molecule has 1 aromatic carbocycles. The molecule has 0 bridgehead atoms. The van der Waals surface area contributed by atoms with E-state index < -0.39 is 0 Å². The van der Waals surface area contributed by atoms with Crippen LogP contribution in [0.4, 0.5) is 11.4 Å². The number of amides is 2. The summed E-state index contributed by atoms with van der Waals surface area (Å²) in [6, 6.07) is 5.53. The van der Waals surface area contributed by atoms with Crippen LogP contribution in [0.3, 0.4) is 0 Å². The largest absolute Gasteiger partial charge is 0.482 e. The molecule has 1 fully saturated rings. The Morgan fingerprint density at radius 1 is 1.28 bits per heavy atom. The van der Waals surface area contributed by atoms with Gasteiger partial charge in [-0.15, -0.1) is 0 Å². The Morgan fingerprint density at radius 3 is 2.76 bits per heavy atom. The lowest BCUT2D eigenvalue weighted by atomic mass is 9.88. The van der Waals surface area contributed by atoms with E-state index in [9.17, 15) is 9.59 Å². The third kappa shape index (κ3) is 4.31. The normalized spacial score (nSPS) is 18.0. The summed E-state index contributed by atoms with van der Waals surface area (Å²) in [6.45, 7) is 1.43. The van der Waals surface area contributed by atoms with Crippen LogP contribution >= 0.6 is 0 Å². The van der Waals surface area contributed by atoms with Crippen molar-refractivity contribution in [1.82, 2.24) is 4.90 Å². The third-order valence-electron chi connectivity index (χ3n) is 4.92. The molecule has 1 aliphatic carbocycles. The third-order valence-corrected chi connectivity index (χ3v) is 4.92. The topological polar surface area (TPSA) is 61.9 Å². The van der Waals surface area contributed by atoms with Crippen LogP contribution in [0.15, 0.2) is 18.2 Å². The van der Waals surface area contributed by atoms with Crippen molar-refractivity contribution in [2.24, 2.45) is 5.92 Å². The Kier molecular flexibility index (Phi) is 5.58. The Hall–Kier alpha value is -2.08. The molecule has 0 radical (unpaired) electrons. The zero-order valence-corrected chi connectivity index (χ0v) is 15.1. The molecule has 25 heavy (non-hydrogen) atoms. The number of carbonyl (C=O) groups excluding carboxylic acids is 2. The number of rotatable bonds is 5. The predicted molar refractivity (Wildman–Crippen MR) is 98.0 cm³/mol. The molecule has 3 rings (SSSR count). The van der Waals surface area contributed by atoms with Crippen LogP contribution < -0.4 is 15.0 Å². The Balaban J connectivity index is 1.74. The summed E-state index contributed by atoms with van der Waals surface area (Å²) in [6.07, 6.45) is 5.41. The molecule has 1 saturated carbocycles. The van der Waals surface area contributed by atoms with Gasteiger partial charge in [0.15, 0.2) is 6.61 Å². The van der Waals surface area contributed by atoms with Gasteiger partial charge in [-0.1, -0.05) is 19.3 Å². The molecule has 0 unspecified atom stereocenters. The minimum absolute atomic E-state index is 0.0508. The second kappa shape index (κ2) is 7.87. The molecule has 1 aliphatic heterocycles. The highest BCUT2D eigenvalue weighted by Gasteiger charge is 2.26. The van der Waals surface area contributed by atoms with Gasteiger partial charge in [-0.2, -0.15) is 0 Å². The SMILES string of the molecule is CN(C)CCN1C(=O)COc2ccc(NC(=O)C3CCCCC3)cc21. The zero-order valence-electron chi connectivity index (χ0n) is 15.1. The van der Waals surface area contributed by atoms with E-state index in [-0.39, 0.29) is 24.3 Å². The van der Waals surface area contributed by atoms with Gasteiger partial charge in [0.1, 0.15) is 5.75 Å². The minimum Gasteiger partial charge on any atom is -0.482 e. The monoisotopic (exact) mass is 345 g/mol. The predicted octanol–water partition coefficient (Wildman–Crippen LogP) is 2.49. The first-order valence-corrected chi connectivity index (χ1v) is 9.07. The summed E-state index contributed by atoms with van der Waals surface area (Å²) in [5.74, 6) is 0.828. The summed E-state index contributed by atoms with van der Waals surface area (Å²) in [5.41, 5.74) is 1.46. The fourth-order valence-corrected chi connectivity index (χ4v) is 3.43. The molecule has 2 amide bonds. The van der Waals surface area contributed by atoms with Crippen molar-refractivity contribution in [2.75, 3.05) is 44.0 Å². The summed E-state index contributed by atoms with van der Waals surface area (Å²) >= 11 is 0. The van der Waals surface area contributed by atoms with Crippen molar-refractivity contribution < 1.29 is 14.3 Å². The van der Waals surface area contributed by atoms with E-state index in [2.05, 4.69) is 5.32 Å². The molecular weight excluding hydrogens is 318 g/mol. The van der Waals surface area contributed by atoms with Crippen molar-refractivity contribution in [2.45, 2.75) is 32.1 Å². The van der Waals surface area contributed by atoms with E-state index in [0.717, 1.165) is 43.6 Å². The Bertz CT molecular complexity index is 639. The van der Waals surface area contributed by atoms with E-state index in [4.69, 9.17) is 4.74 Å². The van der Waals surface area contributed by atoms with Gasteiger partial charge < -0.3 is 19.9 Å². The quantitative estimate of drug-likeness (QED) is 0.891. The van der Waals surface area contributed by atoms with Gasteiger partial charge >= 0.3 is 0 Å². The second-order valence-corrected chi connectivity index (χ2v) is 7.14. The number of ether oxygens (including phenoxy) is 1. The summed E-state index contributed by atoms with van der Waals surface area (Å²) < 4.78 is 5.53. The van der Waals surface area contributed by atoms with Crippen molar-refractivity contribution in [3.63, 3.8) is 0 Å². The summed E-state index contributed by atoms with van der Waals surface area (Å²) in [5, 5.41) is 3.02. The van der Waals surface area contributed by atoms with Crippen molar-refractivity contribution in [3.8, 4) is 5.75 Å². The molecule has 1 heterocycles. The fourth-order valence-electron chi connectivity index (χ4n) is 3.43. The number of benzene rings is 1. The van der Waals surface area contributed by atoms with Gasteiger partial charge in [0.25, 0.3) is 5.91 Å². The fraction of sp³-hybridized carbons (Fsp3) is 0.579. The van der Waals surface area contributed by atoms with Crippen LogP contribution in [0.25, 0.3) is 0 Å². The molecule has 6 heteroatoms. The van der Waals surface area contributed by atoms with Gasteiger partial charge in [-0.25, -0.2) is 0 Å². The smallest absolute Gasteiger partial charge is 0.265 e. The molecule has 0 atom stereocenters. The molecule has 0 spiro atoms. The van der Waals surface area contributed by atoms with Crippen LogP contribution in [-0.4, -0.2) is 50.5 Å². The Labute approximate surface area is 149 Å². The average Bonchev–Trinajstić information content (AvgIpc) is 2.61. The number of nitrogens with one attached hydrogen (secondary N) is 1. The molecule has 1 aromatic rings. The van der Waals surface area contributed by atoms with Crippen LogP contribution in [0.5, 0.6) is 5.75 Å².